The van der Waals surface area contributed by atoms with E-state index in [0.717, 1.165) is 49.8 Å². The zero-order valence-electron chi connectivity index (χ0n) is 33.3. The van der Waals surface area contributed by atoms with Crippen LogP contribution in [0.1, 0.15) is 102 Å². The van der Waals surface area contributed by atoms with E-state index in [-0.39, 0.29) is 34.8 Å². The quantitative estimate of drug-likeness (QED) is 0.0719. The number of carbonyl (C=O) groups excluding carboxylic acids is 1. The maximum absolute atomic E-state index is 14.3. The number of halogens is 3. The van der Waals surface area contributed by atoms with E-state index in [2.05, 4.69) is 0 Å². The van der Waals surface area contributed by atoms with Crippen molar-refractivity contribution < 1.29 is 49.3 Å². The molecule has 0 aliphatic carbocycles. The highest BCUT2D eigenvalue weighted by molar-refractivity contribution is 6.07. The second-order valence-electron chi connectivity index (χ2n) is 15.4. The molecule has 0 radical (unpaired) electrons. The Balaban J connectivity index is 0.00000600. The third-order valence-electron chi connectivity index (χ3n) is 11.3. The number of unbranched alkanes of at least 4 members (excludes halogenated alkanes) is 5. The molecule has 7 rings (SSSR count). The largest absolute Gasteiger partial charge is 1.00 e. The van der Waals surface area contributed by atoms with Crippen molar-refractivity contribution >= 4 is 22.5 Å². The Morgan fingerprint density at radius 2 is 1.34 bits per heavy atom. The van der Waals surface area contributed by atoms with Crippen LogP contribution in [0.25, 0.3) is 16.6 Å². The van der Waals surface area contributed by atoms with Crippen molar-refractivity contribution in [2.45, 2.75) is 91.4 Å². The Morgan fingerprint density at radius 1 is 0.750 bits per heavy atom. The highest BCUT2D eigenvalue weighted by Gasteiger charge is 2.38. The van der Waals surface area contributed by atoms with Gasteiger partial charge in [-0.25, -0.2) is 8.78 Å². The molecular formula is C45H58BrF2N3O5. The van der Waals surface area contributed by atoms with Gasteiger partial charge in [0.15, 0.2) is 0 Å². The summed E-state index contributed by atoms with van der Waals surface area (Å²) in [6.45, 7) is 12.9. The van der Waals surface area contributed by atoms with E-state index in [0.29, 0.717) is 53.7 Å². The van der Waals surface area contributed by atoms with Crippen molar-refractivity contribution in [1.82, 2.24) is 4.57 Å². The van der Waals surface area contributed by atoms with Gasteiger partial charge >= 0.3 is 0 Å². The number of hydrogen-bond donors (Lipinski definition) is 0. The number of benzene rings is 3. The van der Waals surface area contributed by atoms with Gasteiger partial charge in [0.05, 0.1) is 57.2 Å². The van der Waals surface area contributed by atoms with Gasteiger partial charge in [0, 0.05) is 54.1 Å². The van der Waals surface area contributed by atoms with Gasteiger partial charge in [0.25, 0.3) is 5.91 Å². The van der Waals surface area contributed by atoms with Crippen LogP contribution in [-0.2, 0) is 0 Å². The molecule has 3 aliphatic heterocycles. The molecule has 304 valence electrons. The summed E-state index contributed by atoms with van der Waals surface area (Å²) < 4.78 is 49.9. The van der Waals surface area contributed by atoms with Crippen molar-refractivity contribution in [3.8, 4) is 22.9 Å². The molecule has 3 saturated heterocycles. The Labute approximate surface area is 341 Å². The topological polar surface area (TPSA) is 70.0 Å². The molecule has 0 spiro atoms. The summed E-state index contributed by atoms with van der Waals surface area (Å²) >= 11 is 0. The molecule has 0 N–H and O–H groups in total. The van der Waals surface area contributed by atoms with Crippen molar-refractivity contribution in [2.24, 2.45) is 5.92 Å². The predicted octanol–water partition coefficient (Wildman–Crippen LogP) is 6.87. The number of piperidine rings is 3. The molecule has 0 unspecified atom stereocenters. The Morgan fingerprint density at radius 3 is 1.95 bits per heavy atom. The third kappa shape index (κ3) is 10.7. The lowest BCUT2D eigenvalue weighted by Crippen LogP contribution is -3.00. The summed E-state index contributed by atoms with van der Waals surface area (Å²) in [5.41, 5.74) is 0.541. The van der Waals surface area contributed by atoms with E-state index in [4.69, 9.17) is 14.2 Å². The molecule has 0 atom stereocenters. The number of carbonyl (C=O) groups is 1. The minimum absolute atomic E-state index is 0. The number of fused-ring (bicyclic) bond motifs is 4. The van der Waals surface area contributed by atoms with Crippen LogP contribution in [0.3, 0.4) is 0 Å². The number of amides is 1. The third-order valence-corrected chi connectivity index (χ3v) is 11.3. The average Bonchev–Trinajstić information content (AvgIpc) is 3.19. The first-order valence-electron chi connectivity index (χ1n) is 20.6. The second-order valence-corrected chi connectivity index (χ2v) is 15.4. The lowest BCUT2D eigenvalue weighted by Gasteiger charge is -2.49. The van der Waals surface area contributed by atoms with Crippen molar-refractivity contribution in [3.05, 3.63) is 88.2 Å². The van der Waals surface area contributed by atoms with Crippen LogP contribution in [-0.4, -0.2) is 67.5 Å². The first-order chi connectivity index (χ1) is 26.7. The molecule has 3 fully saturated rings. The zero-order chi connectivity index (χ0) is 38.8. The van der Waals surface area contributed by atoms with E-state index in [1.807, 2.05) is 38.1 Å². The number of pyridine rings is 1. The number of nitrogens with zero attached hydrogens (tertiary/aromatic N) is 3. The summed E-state index contributed by atoms with van der Waals surface area (Å²) in [4.78, 5) is 29.4. The van der Waals surface area contributed by atoms with Gasteiger partial charge < -0.3 is 45.1 Å². The van der Waals surface area contributed by atoms with Crippen LogP contribution in [0, 0.1) is 17.6 Å². The molecule has 56 heavy (non-hydrogen) atoms. The van der Waals surface area contributed by atoms with Gasteiger partial charge in [0.2, 0.25) is 5.43 Å². The highest BCUT2D eigenvalue weighted by Crippen LogP contribution is 2.34. The van der Waals surface area contributed by atoms with E-state index in [1.165, 1.54) is 86.7 Å². The van der Waals surface area contributed by atoms with E-state index >= 15 is 0 Å². The van der Waals surface area contributed by atoms with Crippen LogP contribution >= 0.6 is 0 Å². The summed E-state index contributed by atoms with van der Waals surface area (Å²) in [6.07, 6.45) is 14.5. The van der Waals surface area contributed by atoms with Crippen LogP contribution in [0.2, 0.25) is 0 Å². The van der Waals surface area contributed by atoms with Crippen LogP contribution in [0.15, 0.2) is 65.6 Å². The van der Waals surface area contributed by atoms with Crippen molar-refractivity contribution in [3.63, 3.8) is 0 Å². The molecule has 4 heterocycles. The number of quaternary nitrogens is 1. The maximum Gasteiger partial charge on any atom is 0.263 e. The molecule has 1 aromatic heterocycles. The Bertz CT molecular complexity index is 1920. The Hall–Kier alpha value is -3.96. The number of hydrogen-bond acceptors (Lipinski definition) is 5. The smallest absolute Gasteiger partial charge is 0.263 e. The summed E-state index contributed by atoms with van der Waals surface area (Å²) in [5.74, 6) is 0.490. The van der Waals surface area contributed by atoms with Crippen LogP contribution in [0.5, 0.6) is 17.2 Å². The fourth-order valence-electron chi connectivity index (χ4n) is 8.27. The molecule has 4 aromatic rings. The fourth-order valence-corrected chi connectivity index (χ4v) is 8.27. The molecule has 1 amide bonds. The van der Waals surface area contributed by atoms with Gasteiger partial charge in [-0.1, -0.05) is 33.1 Å². The van der Waals surface area contributed by atoms with Gasteiger partial charge in [-0.2, -0.15) is 0 Å². The number of anilines is 1. The number of rotatable bonds is 20. The summed E-state index contributed by atoms with van der Waals surface area (Å²) in [5, 5.41) is 0.301. The molecule has 0 saturated carbocycles. The number of ether oxygens (including phenoxy) is 3. The van der Waals surface area contributed by atoms with Gasteiger partial charge in [-0.05, 0) is 88.5 Å². The molecule has 3 aliphatic rings. The van der Waals surface area contributed by atoms with Crippen LogP contribution < -0.4 is 41.5 Å². The lowest BCUT2D eigenvalue weighted by molar-refractivity contribution is -0.942. The minimum atomic E-state index is -0.816. The molecule has 11 heteroatoms. The van der Waals surface area contributed by atoms with E-state index in [1.54, 1.807) is 23.6 Å². The average molecular weight is 839 g/mol. The Kier molecular flexibility index (Phi) is 15.8. The fraction of sp³-hybridized carbons (Fsp3) is 0.511. The van der Waals surface area contributed by atoms with E-state index < -0.39 is 23.0 Å². The molecule has 3 aromatic carbocycles. The zero-order valence-corrected chi connectivity index (χ0v) is 34.9. The predicted molar refractivity (Wildman–Crippen MR) is 215 cm³/mol. The normalized spacial score (nSPS) is 17.4. The van der Waals surface area contributed by atoms with Crippen molar-refractivity contribution in [1.29, 1.82) is 0 Å². The van der Waals surface area contributed by atoms with Crippen LogP contribution in [0.4, 0.5) is 14.5 Å². The second kappa shape index (κ2) is 20.5. The molecule has 8 nitrogen and oxygen atoms in total. The van der Waals surface area contributed by atoms with E-state index in [9.17, 15) is 18.4 Å². The first-order valence-corrected chi connectivity index (χ1v) is 20.6. The maximum atomic E-state index is 14.3. The van der Waals surface area contributed by atoms with Crippen molar-refractivity contribution in [2.75, 3.05) is 57.4 Å². The first kappa shape index (κ1) is 43.2. The van der Waals surface area contributed by atoms with Gasteiger partial charge in [0.1, 0.15) is 34.4 Å². The lowest BCUT2D eigenvalue weighted by atomic mass is 9.85. The molecular weight excluding hydrogens is 780 g/mol. The number of aromatic nitrogens is 1. The van der Waals surface area contributed by atoms with Gasteiger partial charge in [-0.15, -0.1) is 0 Å². The SMILES string of the molecule is CCCOc1cc(OCCC)cc(-n2cc(C(=O)N(CC)c3cc(F)cc(F)c3)c(=O)c3ccc(OCCCCCCCC[N+]45CCC(CC4)CC5)cc32)c1.[Br-]. The summed E-state index contributed by atoms with van der Waals surface area (Å²) in [7, 11) is 0. The van der Waals surface area contributed by atoms with Gasteiger partial charge in [-0.3, -0.25) is 9.59 Å². The monoisotopic (exact) mass is 837 g/mol. The minimum Gasteiger partial charge on any atom is -1.00 e. The summed E-state index contributed by atoms with van der Waals surface area (Å²) in [6, 6.07) is 13.7. The highest BCUT2D eigenvalue weighted by atomic mass is 79.9. The molecule has 2 bridgehead atoms. The standard InChI is InChI=1S/C45H58F2N3O5.BrH/c1-4-22-53-39-28-37(29-40(30-39)54-23-5-2)49-32-42(45(52)48(6-3)36-26-34(46)25-35(47)27-36)44(51)41-14-13-38(31-43(41)49)55-24-12-10-8-7-9-11-18-50-19-15-33(16-20-50)17-21-50;/h13-14,25-33H,4-12,15-24H2,1-3H3;1H/q+1;/p-1.